The Balaban J connectivity index is 1.88. The molecule has 0 atom stereocenters. The van der Waals surface area contributed by atoms with Crippen LogP contribution in [0.1, 0.15) is 119 Å². The van der Waals surface area contributed by atoms with Crippen LogP contribution in [0.15, 0.2) is 18.2 Å². The monoisotopic (exact) mass is 360 g/mol. The van der Waals surface area contributed by atoms with Gasteiger partial charge in [0, 0.05) is 0 Å². The maximum Gasteiger partial charge on any atom is 0.154 e. The molecule has 2 nitrogen and oxygen atoms in total. The summed E-state index contributed by atoms with van der Waals surface area (Å²) in [7, 11) is 0. The van der Waals surface area contributed by atoms with E-state index in [-0.39, 0.29) is 5.75 Å². The van der Waals surface area contributed by atoms with E-state index >= 15 is 0 Å². The zero-order valence-electron chi connectivity index (χ0n) is 17.0. The number of phenols is 1. The summed E-state index contributed by atoms with van der Waals surface area (Å²) >= 11 is 0. The molecule has 0 radical (unpaired) electrons. The second kappa shape index (κ2) is 15.9. The summed E-state index contributed by atoms with van der Waals surface area (Å²) in [5.74, 6) is 0.110. The van der Waals surface area contributed by atoms with Gasteiger partial charge in [-0.1, -0.05) is 109 Å². The van der Waals surface area contributed by atoms with Crippen LogP contribution in [0.5, 0.6) is 5.75 Å². The lowest BCUT2D eigenvalue weighted by atomic mass is 10.00. The fourth-order valence-corrected chi connectivity index (χ4v) is 3.64. The number of unbranched alkanes of at least 4 members (excludes halogenated alkanes) is 14. The summed E-state index contributed by atoms with van der Waals surface area (Å²) < 4.78 is 0. The summed E-state index contributed by atoms with van der Waals surface area (Å²) in [4.78, 5) is 11.0. The van der Waals surface area contributed by atoms with E-state index in [0.717, 1.165) is 24.7 Å². The first-order valence-electron chi connectivity index (χ1n) is 11.1. The van der Waals surface area contributed by atoms with Crippen LogP contribution in [-0.4, -0.2) is 11.4 Å². The fourth-order valence-electron chi connectivity index (χ4n) is 3.64. The molecule has 0 fully saturated rings. The molecule has 26 heavy (non-hydrogen) atoms. The molecular formula is C24H40O2. The minimum atomic E-state index is 0.110. The van der Waals surface area contributed by atoms with Gasteiger partial charge in [0.05, 0.1) is 5.56 Å². The molecule has 0 aliphatic carbocycles. The number of aromatic hydroxyl groups is 1. The van der Waals surface area contributed by atoms with Gasteiger partial charge in [0.1, 0.15) is 5.75 Å². The SMILES string of the molecule is CCCCCCCCCCCCCCCCCc1cccc(O)c1C=O. The lowest BCUT2D eigenvalue weighted by molar-refractivity contribution is 0.112. The highest BCUT2D eigenvalue weighted by Crippen LogP contribution is 2.21. The van der Waals surface area contributed by atoms with Crippen molar-refractivity contribution in [2.24, 2.45) is 0 Å². The number of hydrogen-bond acceptors (Lipinski definition) is 2. The molecule has 0 aromatic heterocycles. The first kappa shape index (κ1) is 22.7. The molecule has 0 unspecified atom stereocenters. The average molecular weight is 361 g/mol. The number of aldehydes is 1. The molecule has 0 aliphatic rings. The maximum absolute atomic E-state index is 11.0. The van der Waals surface area contributed by atoms with Crippen LogP contribution in [0.3, 0.4) is 0 Å². The van der Waals surface area contributed by atoms with Crippen molar-refractivity contribution in [1.82, 2.24) is 0 Å². The number of carbonyl (C=O) groups excluding carboxylic acids is 1. The molecule has 1 N–H and O–H groups in total. The van der Waals surface area contributed by atoms with Crippen molar-refractivity contribution in [2.45, 2.75) is 110 Å². The Bertz CT molecular complexity index is 467. The Morgan fingerprint density at radius 3 is 1.65 bits per heavy atom. The van der Waals surface area contributed by atoms with Crippen LogP contribution in [0.25, 0.3) is 0 Å². The standard InChI is InChI=1S/C24H40O2/c1-2-3-4-5-6-7-8-9-10-11-12-13-14-15-16-18-22-19-17-20-24(26)23(22)21-25/h17,19-21,26H,2-16,18H2,1H3. The summed E-state index contributed by atoms with van der Waals surface area (Å²) in [5, 5.41) is 9.69. The van der Waals surface area contributed by atoms with Gasteiger partial charge in [-0.2, -0.15) is 0 Å². The molecule has 0 amide bonds. The molecule has 0 saturated heterocycles. The summed E-state index contributed by atoms with van der Waals surface area (Å²) in [6.45, 7) is 2.28. The minimum absolute atomic E-state index is 0.110. The lowest BCUT2D eigenvalue weighted by Gasteiger charge is -2.06. The third-order valence-corrected chi connectivity index (χ3v) is 5.34. The van der Waals surface area contributed by atoms with E-state index in [1.165, 1.54) is 89.9 Å². The van der Waals surface area contributed by atoms with E-state index in [9.17, 15) is 9.90 Å². The van der Waals surface area contributed by atoms with Gasteiger partial charge in [0.25, 0.3) is 0 Å². The van der Waals surface area contributed by atoms with E-state index in [2.05, 4.69) is 6.92 Å². The van der Waals surface area contributed by atoms with Crippen LogP contribution >= 0.6 is 0 Å². The number of hydrogen-bond donors (Lipinski definition) is 1. The normalized spacial score (nSPS) is 11.0. The smallest absolute Gasteiger partial charge is 0.154 e. The Morgan fingerprint density at radius 2 is 1.19 bits per heavy atom. The van der Waals surface area contributed by atoms with Gasteiger partial charge in [-0.15, -0.1) is 0 Å². The number of carbonyl (C=O) groups is 1. The molecule has 0 heterocycles. The van der Waals surface area contributed by atoms with Crippen LogP contribution < -0.4 is 0 Å². The number of aryl methyl sites for hydroxylation is 1. The fraction of sp³-hybridized carbons (Fsp3) is 0.708. The van der Waals surface area contributed by atoms with E-state index in [1.807, 2.05) is 12.1 Å². The van der Waals surface area contributed by atoms with Crippen molar-refractivity contribution in [1.29, 1.82) is 0 Å². The van der Waals surface area contributed by atoms with Crippen molar-refractivity contribution >= 4 is 6.29 Å². The summed E-state index contributed by atoms with van der Waals surface area (Å²) in [6, 6.07) is 5.36. The van der Waals surface area contributed by atoms with Crippen LogP contribution in [0.4, 0.5) is 0 Å². The van der Waals surface area contributed by atoms with E-state index in [4.69, 9.17) is 0 Å². The zero-order chi connectivity index (χ0) is 18.9. The van der Waals surface area contributed by atoms with E-state index in [1.54, 1.807) is 6.07 Å². The second-order valence-electron chi connectivity index (χ2n) is 7.67. The molecule has 0 bridgehead atoms. The molecule has 1 rings (SSSR count). The molecule has 0 saturated carbocycles. The molecule has 0 aliphatic heterocycles. The van der Waals surface area contributed by atoms with E-state index in [0.29, 0.717) is 5.56 Å². The molecule has 1 aromatic rings. The highest BCUT2D eigenvalue weighted by molar-refractivity contribution is 5.81. The highest BCUT2D eigenvalue weighted by atomic mass is 16.3. The van der Waals surface area contributed by atoms with Gasteiger partial charge in [0.15, 0.2) is 6.29 Å². The molecule has 2 heteroatoms. The van der Waals surface area contributed by atoms with E-state index < -0.39 is 0 Å². The molecule has 0 spiro atoms. The number of benzene rings is 1. The first-order valence-corrected chi connectivity index (χ1v) is 11.1. The second-order valence-corrected chi connectivity index (χ2v) is 7.67. The average Bonchev–Trinajstić information content (AvgIpc) is 2.65. The van der Waals surface area contributed by atoms with Crippen molar-refractivity contribution in [2.75, 3.05) is 0 Å². The first-order chi connectivity index (χ1) is 12.8. The minimum Gasteiger partial charge on any atom is -0.507 e. The van der Waals surface area contributed by atoms with Gasteiger partial charge < -0.3 is 5.11 Å². The number of rotatable bonds is 17. The molecule has 1 aromatic carbocycles. The predicted octanol–water partition coefficient (Wildman–Crippen LogP) is 7.62. The van der Waals surface area contributed by atoms with Crippen molar-refractivity contribution in [3.63, 3.8) is 0 Å². The molecule has 148 valence electrons. The third-order valence-electron chi connectivity index (χ3n) is 5.34. The van der Waals surface area contributed by atoms with Gasteiger partial charge in [-0.25, -0.2) is 0 Å². The largest absolute Gasteiger partial charge is 0.507 e. The van der Waals surface area contributed by atoms with Crippen molar-refractivity contribution in [3.05, 3.63) is 29.3 Å². The Hall–Kier alpha value is -1.31. The third kappa shape index (κ3) is 10.6. The lowest BCUT2D eigenvalue weighted by Crippen LogP contribution is -1.94. The van der Waals surface area contributed by atoms with Gasteiger partial charge in [-0.3, -0.25) is 4.79 Å². The Kier molecular flexibility index (Phi) is 13.9. The highest BCUT2D eigenvalue weighted by Gasteiger charge is 2.05. The molecular weight excluding hydrogens is 320 g/mol. The zero-order valence-corrected chi connectivity index (χ0v) is 17.0. The van der Waals surface area contributed by atoms with Gasteiger partial charge in [-0.05, 0) is 24.5 Å². The maximum atomic E-state index is 11.0. The Labute approximate surface area is 161 Å². The summed E-state index contributed by atoms with van der Waals surface area (Å²) in [6.07, 6.45) is 22.1. The number of phenolic OH excluding ortho intramolecular Hbond substituents is 1. The van der Waals surface area contributed by atoms with Crippen molar-refractivity contribution in [3.8, 4) is 5.75 Å². The van der Waals surface area contributed by atoms with Crippen LogP contribution in [0, 0.1) is 0 Å². The quantitative estimate of drug-likeness (QED) is 0.229. The van der Waals surface area contributed by atoms with Crippen molar-refractivity contribution < 1.29 is 9.90 Å². The topological polar surface area (TPSA) is 37.3 Å². The van der Waals surface area contributed by atoms with Gasteiger partial charge >= 0.3 is 0 Å². The summed E-state index contributed by atoms with van der Waals surface area (Å²) in [5.41, 5.74) is 1.45. The van der Waals surface area contributed by atoms with Gasteiger partial charge in [0.2, 0.25) is 0 Å². The Morgan fingerprint density at radius 1 is 0.731 bits per heavy atom. The van der Waals surface area contributed by atoms with Crippen LogP contribution in [-0.2, 0) is 6.42 Å². The van der Waals surface area contributed by atoms with Crippen LogP contribution in [0.2, 0.25) is 0 Å². The predicted molar refractivity (Wildman–Crippen MR) is 112 cm³/mol.